The summed E-state index contributed by atoms with van der Waals surface area (Å²) in [5.74, 6) is -0.101. The van der Waals surface area contributed by atoms with Crippen LogP contribution in [0, 0.1) is 0 Å². The fourth-order valence-corrected chi connectivity index (χ4v) is 5.77. The van der Waals surface area contributed by atoms with E-state index in [-0.39, 0.29) is 5.57 Å². The maximum absolute atomic E-state index is 13.6. The van der Waals surface area contributed by atoms with Crippen LogP contribution in [0.4, 0.5) is 5.13 Å². The second kappa shape index (κ2) is 12.9. The van der Waals surface area contributed by atoms with E-state index in [1.54, 1.807) is 24.3 Å². The first kappa shape index (κ1) is 28.9. The highest BCUT2D eigenvalue weighted by atomic mass is 32.1. The Morgan fingerprint density at radius 1 is 1.05 bits per heavy atom. The van der Waals surface area contributed by atoms with Crippen LogP contribution < -0.4 is 19.1 Å². The third-order valence-corrected chi connectivity index (χ3v) is 7.84. The first-order chi connectivity index (χ1) is 20.4. The van der Waals surface area contributed by atoms with Gasteiger partial charge in [0.15, 0.2) is 28.2 Å². The maximum atomic E-state index is 13.6. The minimum absolute atomic E-state index is 0.0388. The molecule has 1 aromatic heterocycles. The number of thiazole rings is 1. The Labute approximate surface area is 248 Å². The molecule has 0 bridgehead atoms. The summed E-state index contributed by atoms with van der Waals surface area (Å²) >= 11 is 1.28. The van der Waals surface area contributed by atoms with Crippen molar-refractivity contribution in [3.8, 4) is 17.2 Å². The van der Waals surface area contributed by atoms with Crippen LogP contribution in [0.1, 0.15) is 43.9 Å². The average Bonchev–Trinajstić information content (AvgIpc) is 3.54. The number of amides is 1. The first-order valence-electron chi connectivity index (χ1n) is 13.8. The first-order valence-corrected chi connectivity index (χ1v) is 14.6. The second-order valence-corrected chi connectivity index (χ2v) is 10.6. The van der Waals surface area contributed by atoms with E-state index in [0.717, 1.165) is 23.1 Å². The van der Waals surface area contributed by atoms with E-state index in [9.17, 15) is 14.7 Å². The number of aliphatic hydroxyl groups is 1. The fraction of sp³-hybridized carbons (Fsp3) is 0.242. The summed E-state index contributed by atoms with van der Waals surface area (Å²) < 4.78 is 18.0. The summed E-state index contributed by atoms with van der Waals surface area (Å²) in [6.45, 7) is 5.04. The molecule has 2 heterocycles. The molecule has 1 N–H and O–H groups in total. The van der Waals surface area contributed by atoms with E-state index in [1.165, 1.54) is 29.4 Å². The third kappa shape index (κ3) is 5.87. The van der Waals surface area contributed by atoms with Crippen molar-refractivity contribution in [1.82, 2.24) is 4.98 Å². The van der Waals surface area contributed by atoms with E-state index in [0.29, 0.717) is 46.7 Å². The van der Waals surface area contributed by atoms with E-state index in [4.69, 9.17) is 19.2 Å². The number of carbonyl (C=O) groups excluding carboxylic acids is 2. The third-order valence-electron chi connectivity index (χ3n) is 6.82. The zero-order chi connectivity index (χ0) is 29.6. The Morgan fingerprint density at radius 2 is 1.86 bits per heavy atom. The summed E-state index contributed by atoms with van der Waals surface area (Å²) in [5.41, 5.74) is 2.02. The van der Waals surface area contributed by atoms with Crippen LogP contribution in [-0.4, -0.2) is 42.1 Å². The van der Waals surface area contributed by atoms with E-state index in [1.807, 2.05) is 55.5 Å². The van der Waals surface area contributed by atoms with Crippen LogP contribution in [0.5, 0.6) is 17.2 Å². The Kier molecular flexibility index (Phi) is 8.88. The van der Waals surface area contributed by atoms with Gasteiger partial charge in [0.05, 0.1) is 42.2 Å². The lowest BCUT2D eigenvalue weighted by atomic mass is 9.95. The molecule has 216 valence electrons. The lowest BCUT2D eigenvalue weighted by Gasteiger charge is -2.25. The maximum Gasteiger partial charge on any atom is 0.296 e. The Balaban J connectivity index is 1.59. The standard InChI is InChI=1S/C33H32N2O6S/c1-4-6-18-41-26-17-13-22(19-27(26)39-3)30-29(25(36)16-12-21-10-8-7-9-11-21)31(37)32(38)35(30)33-34-24-15-14-23(40-5-2)20-28(24)42-33/h7-17,19-20,30,37H,4-6,18H2,1-3H3. The van der Waals surface area contributed by atoms with Crippen LogP contribution in [0.3, 0.4) is 0 Å². The molecule has 4 aromatic rings. The number of hydrogen-bond donors (Lipinski definition) is 1. The molecule has 0 saturated heterocycles. The van der Waals surface area contributed by atoms with Gasteiger partial charge in [0, 0.05) is 0 Å². The molecule has 1 unspecified atom stereocenters. The van der Waals surface area contributed by atoms with Crippen molar-refractivity contribution in [2.45, 2.75) is 32.7 Å². The molecule has 0 aliphatic carbocycles. The van der Waals surface area contributed by atoms with Gasteiger partial charge < -0.3 is 19.3 Å². The molecule has 1 amide bonds. The summed E-state index contributed by atoms with van der Waals surface area (Å²) in [6, 6.07) is 19.2. The van der Waals surface area contributed by atoms with Gasteiger partial charge in [0.2, 0.25) is 0 Å². The number of fused-ring (bicyclic) bond motifs is 1. The summed E-state index contributed by atoms with van der Waals surface area (Å²) in [6.07, 6.45) is 4.91. The van der Waals surface area contributed by atoms with Crippen molar-refractivity contribution in [2.24, 2.45) is 0 Å². The van der Waals surface area contributed by atoms with Crippen molar-refractivity contribution in [3.05, 3.63) is 95.3 Å². The normalized spacial score (nSPS) is 15.2. The van der Waals surface area contributed by atoms with Crippen molar-refractivity contribution in [1.29, 1.82) is 0 Å². The summed E-state index contributed by atoms with van der Waals surface area (Å²) in [5, 5.41) is 11.5. The minimum atomic E-state index is -0.948. The molecule has 0 saturated carbocycles. The number of rotatable bonds is 12. The van der Waals surface area contributed by atoms with Gasteiger partial charge in [-0.3, -0.25) is 14.5 Å². The molecule has 5 rings (SSSR count). The SMILES string of the molecule is CCCCOc1ccc(C2C(C(=O)C=Cc3ccccc3)=C(O)C(=O)N2c2nc3ccc(OCC)cc3s2)cc1OC. The molecule has 1 atom stereocenters. The Morgan fingerprint density at radius 3 is 2.60 bits per heavy atom. The van der Waals surface area contributed by atoms with Crippen molar-refractivity contribution < 1.29 is 28.9 Å². The van der Waals surface area contributed by atoms with Gasteiger partial charge in [0.25, 0.3) is 5.91 Å². The molecule has 8 nitrogen and oxygen atoms in total. The van der Waals surface area contributed by atoms with E-state index >= 15 is 0 Å². The van der Waals surface area contributed by atoms with Crippen LogP contribution in [-0.2, 0) is 9.59 Å². The van der Waals surface area contributed by atoms with E-state index < -0.39 is 23.5 Å². The van der Waals surface area contributed by atoms with Crippen molar-refractivity contribution in [2.75, 3.05) is 25.2 Å². The predicted molar refractivity (Wildman–Crippen MR) is 165 cm³/mol. The van der Waals surface area contributed by atoms with E-state index in [2.05, 4.69) is 6.92 Å². The minimum Gasteiger partial charge on any atom is -0.503 e. The highest BCUT2D eigenvalue weighted by molar-refractivity contribution is 7.22. The lowest BCUT2D eigenvalue weighted by molar-refractivity contribution is -0.117. The molecule has 0 spiro atoms. The number of methoxy groups -OCH3 is 1. The molecule has 0 fully saturated rings. The number of allylic oxidation sites excluding steroid dienone is 1. The monoisotopic (exact) mass is 584 g/mol. The van der Waals surface area contributed by atoms with Gasteiger partial charge in [-0.2, -0.15) is 0 Å². The van der Waals surface area contributed by atoms with Gasteiger partial charge >= 0.3 is 0 Å². The molecule has 42 heavy (non-hydrogen) atoms. The fourth-order valence-electron chi connectivity index (χ4n) is 4.75. The Hall–Kier alpha value is -4.63. The highest BCUT2D eigenvalue weighted by Gasteiger charge is 2.45. The van der Waals surface area contributed by atoms with Gasteiger partial charge in [-0.05, 0) is 60.9 Å². The number of hydrogen-bond acceptors (Lipinski definition) is 8. The number of carbonyl (C=O) groups is 2. The van der Waals surface area contributed by atoms with Gasteiger partial charge in [-0.15, -0.1) is 0 Å². The number of benzene rings is 3. The van der Waals surface area contributed by atoms with Crippen LogP contribution in [0.25, 0.3) is 16.3 Å². The Bertz CT molecular complexity index is 1660. The molecule has 3 aromatic carbocycles. The average molecular weight is 585 g/mol. The number of ketones is 1. The molecule has 9 heteroatoms. The molecular weight excluding hydrogens is 552 g/mol. The number of ether oxygens (including phenoxy) is 3. The van der Waals surface area contributed by atoms with Crippen molar-refractivity contribution in [3.63, 3.8) is 0 Å². The molecule has 1 aliphatic rings. The molecular formula is C33H32N2O6S. The molecule has 1 aliphatic heterocycles. The summed E-state index contributed by atoms with van der Waals surface area (Å²) in [4.78, 5) is 33.4. The quantitative estimate of drug-likeness (QED) is 0.141. The van der Waals surface area contributed by atoms with Crippen LogP contribution in [0.2, 0.25) is 0 Å². The number of unbranched alkanes of at least 4 members (excludes halogenated alkanes) is 1. The molecule has 0 radical (unpaired) electrons. The van der Waals surface area contributed by atoms with Crippen molar-refractivity contribution >= 4 is 44.5 Å². The highest BCUT2D eigenvalue weighted by Crippen LogP contribution is 2.45. The van der Waals surface area contributed by atoms with Gasteiger partial charge in [-0.1, -0.05) is 67.2 Å². The smallest absolute Gasteiger partial charge is 0.296 e. The number of nitrogens with zero attached hydrogens (tertiary/aromatic N) is 2. The van der Waals surface area contributed by atoms with Crippen LogP contribution in [0.15, 0.2) is 84.1 Å². The van der Waals surface area contributed by atoms with Crippen LogP contribution >= 0.6 is 11.3 Å². The zero-order valence-corrected chi connectivity index (χ0v) is 24.5. The van der Waals surface area contributed by atoms with Gasteiger partial charge in [-0.25, -0.2) is 4.98 Å². The number of aromatic nitrogens is 1. The zero-order valence-electron chi connectivity index (χ0n) is 23.7. The number of anilines is 1. The predicted octanol–water partition coefficient (Wildman–Crippen LogP) is 7.07. The summed E-state index contributed by atoms with van der Waals surface area (Å²) in [7, 11) is 1.54. The largest absolute Gasteiger partial charge is 0.503 e. The number of aliphatic hydroxyl groups excluding tert-OH is 1. The van der Waals surface area contributed by atoms with Gasteiger partial charge in [0.1, 0.15) is 5.75 Å². The lowest BCUT2D eigenvalue weighted by Crippen LogP contribution is -2.30. The second-order valence-electron chi connectivity index (χ2n) is 9.62. The topological polar surface area (TPSA) is 98.2 Å².